The van der Waals surface area contributed by atoms with Gasteiger partial charge in [-0.2, -0.15) is 0 Å². The first-order valence-electron chi connectivity index (χ1n) is 11.6. The zero-order valence-corrected chi connectivity index (χ0v) is 21.3. The first-order chi connectivity index (χ1) is 16.2. The van der Waals surface area contributed by atoms with Gasteiger partial charge in [-0.3, -0.25) is 4.79 Å². The molecular formula is C29H33FO3Si. The Balaban J connectivity index is 1.87. The maximum Gasteiger partial charge on any atom is 0.303 e. The molecule has 1 atom stereocenters. The van der Waals surface area contributed by atoms with E-state index in [1.165, 1.54) is 29.4 Å². The van der Waals surface area contributed by atoms with E-state index in [0.29, 0.717) is 13.0 Å². The van der Waals surface area contributed by atoms with Gasteiger partial charge < -0.3 is 9.16 Å². The maximum atomic E-state index is 13.2. The van der Waals surface area contributed by atoms with Crippen LogP contribution in [0.5, 0.6) is 0 Å². The summed E-state index contributed by atoms with van der Waals surface area (Å²) in [6, 6.07) is 27.1. The number of esters is 1. The highest BCUT2D eigenvalue weighted by molar-refractivity contribution is 6.99. The van der Waals surface area contributed by atoms with Gasteiger partial charge in [0.05, 0.1) is 0 Å². The third-order valence-corrected chi connectivity index (χ3v) is 10.9. The summed E-state index contributed by atoms with van der Waals surface area (Å²) in [4.78, 5) is 11.7. The van der Waals surface area contributed by atoms with E-state index in [0.717, 1.165) is 5.56 Å². The van der Waals surface area contributed by atoms with Crippen LogP contribution in [0.3, 0.4) is 0 Å². The van der Waals surface area contributed by atoms with Crippen molar-refractivity contribution >= 4 is 30.7 Å². The molecular weight excluding hydrogens is 443 g/mol. The lowest BCUT2D eigenvalue weighted by atomic mass is 10.1. The van der Waals surface area contributed by atoms with Crippen molar-refractivity contribution < 1.29 is 18.3 Å². The third-order valence-electron chi connectivity index (χ3n) is 5.83. The molecule has 0 aromatic heterocycles. The zero-order valence-electron chi connectivity index (χ0n) is 20.3. The Labute approximate surface area is 203 Å². The second-order valence-electron chi connectivity index (χ2n) is 9.36. The largest absolute Gasteiger partial charge is 0.458 e. The van der Waals surface area contributed by atoms with Gasteiger partial charge in [0.25, 0.3) is 8.32 Å². The van der Waals surface area contributed by atoms with Crippen molar-refractivity contribution in [1.82, 2.24) is 0 Å². The number of hydrogen-bond acceptors (Lipinski definition) is 3. The van der Waals surface area contributed by atoms with Gasteiger partial charge in [0.2, 0.25) is 0 Å². The number of carbonyl (C=O) groups excluding carboxylic acids is 1. The van der Waals surface area contributed by atoms with E-state index in [1.807, 2.05) is 24.3 Å². The number of carbonyl (C=O) groups is 1. The summed E-state index contributed by atoms with van der Waals surface area (Å²) < 4.78 is 25.7. The highest BCUT2D eigenvalue weighted by Gasteiger charge is 2.50. The van der Waals surface area contributed by atoms with Gasteiger partial charge in [0.15, 0.2) is 0 Å². The lowest BCUT2D eigenvalue weighted by molar-refractivity contribution is -0.144. The Morgan fingerprint density at radius 2 is 1.44 bits per heavy atom. The third kappa shape index (κ3) is 6.30. The average Bonchev–Trinajstić information content (AvgIpc) is 2.81. The quantitative estimate of drug-likeness (QED) is 0.292. The molecule has 0 amide bonds. The second kappa shape index (κ2) is 11.4. The standard InChI is InChI=1S/C29H33FO3Si/c1-23(31)33-26(20-17-24-15-18-25(30)19-16-24)21-22-32-34(29(2,3)4,27-11-7-5-8-12-27)28-13-9-6-10-14-28/h5-20,26H,21-22H2,1-4H3/b20-17+. The number of halogens is 1. The van der Waals surface area contributed by atoms with Crippen molar-refractivity contribution in [3.63, 3.8) is 0 Å². The second-order valence-corrected chi connectivity index (χ2v) is 13.7. The molecule has 1 unspecified atom stereocenters. The van der Waals surface area contributed by atoms with Gasteiger partial charge in [0, 0.05) is 20.0 Å². The SMILES string of the molecule is CC(=O)OC(/C=C/c1ccc(F)cc1)CCO[Si](c1ccccc1)(c1ccccc1)C(C)(C)C. The monoisotopic (exact) mass is 476 g/mol. The number of rotatable bonds is 9. The summed E-state index contributed by atoms with van der Waals surface area (Å²) in [6.45, 7) is 8.53. The van der Waals surface area contributed by atoms with Crippen LogP contribution in [0, 0.1) is 5.82 Å². The Morgan fingerprint density at radius 3 is 1.91 bits per heavy atom. The van der Waals surface area contributed by atoms with Gasteiger partial charge in [0.1, 0.15) is 11.9 Å². The van der Waals surface area contributed by atoms with Crippen LogP contribution in [0.2, 0.25) is 5.04 Å². The molecule has 0 heterocycles. The first-order valence-corrected chi connectivity index (χ1v) is 13.5. The number of ether oxygens (including phenoxy) is 1. The molecule has 3 nitrogen and oxygen atoms in total. The van der Waals surface area contributed by atoms with Crippen LogP contribution in [-0.2, 0) is 14.0 Å². The Kier molecular flexibility index (Phi) is 8.59. The molecule has 3 rings (SSSR count). The molecule has 0 aliphatic carbocycles. The number of hydrogen-bond donors (Lipinski definition) is 0. The van der Waals surface area contributed by atoms with E-state index >= 15 is 0 Å². The Hall–Kier alpha value is -3.02. The lowest BCUT2D eigenvalue weighted by Gasteiger charge is -2.43. The van der Waals surface area contributed by atoms with Gasteiger partial charge >= 0.3 is 5.97 Å². The molecule has 34 heavy (non-hydrogen) atoms. The van der Waals surface area contributed by atoms with Crippen molar-refractivity contribution in [2.75, 3.05) is 6.61 Å². The fraction of sp³-hybridized carbons (Fsp3) is 0.276. The minimum absolute atomic E-state index is 0.128. The van der Waals surface area contributed by atoms with Gasteiger partial charge in [-0.15, -0.1) is 0 Å². The van der Waals surface area contributed by atoms with E-state index in [-0.39, 0.29) is 16.8 Å². The summed E-state index contributed by atoms with van der Waals surface area (Å²) >= 11 is 0. The van der Waals surface area contributed by atoms with E-state index < -0.39 is 14.4 Å². The summed E-state index contributed by atoms with van der Waals surface area (Å²) in [5.41, 5.74) is 0.839. The van der Waals surface area contributed by atoms with E-state index in [4.69, 9.17) is 9.16 Å². The molecule has 0 fully saturated rings. The summed E-state index contributed by atoms with van der Waals surface area (Å²) in [7, 11) is -2.66. The zero-order chi connectivity index (χ0) is 24.6. The van der Waals surface area contributed by atoms with Crippen LogP contribution in [0.15, 0.2) is 91.0 Å². The predicted molar refractivity (Wildman–Crippen MR) is 139 cm³/mol. The van der Waals surface area contributed by atoms with Crippen LogP contribution in [0.1, 0.15) is 39.7 Å². The molecule has 0 saturated carbocycles. The molecule has 3 aromatic carbocycles. The minimum Gasteiger partial charge on any atom is -0.458 e. The van der Waals surface area contributed by atoms with E-state index in [9.17, 15) is 9.18 Å². The molecule has 0 saturated heterocycles. The summed E-state index contributed by atoms with van der Waals surface area (Å²) in [5, 5.41) is 2.29. The van der Waals surface area contributed by atoms with E-state index in [2.05, 4.69) is 69.3 Å². The van der Waals surface area contributed by atoms with E-state index in [1.54, 1.807) is 12.1 Å². The molecule has 0 aliphatic rings. The fourth-order valence-corrected chi connectivity index (χ4v) is 8.87. The van der Waals surface area contributed by atoms with Crippen molar-refractivity contribution in [2.24, 2.45) is 0 Å². The van der Waals surface area contributed by atoms with Crippen LogP contribution in [-0.4, -0.2) is 27.0 Å². The van der Waals surface area contributed by atoms with Gasteiger partial charge in [-0.1, -0.05) is 99.6 Å². The topological polar surface area (TPSA) is 35.5 Å². The maximum absolute atomic E-state index is 13.2. The van der Waals surface area contributed by atoms with Gasteiger partial charge in [-0.25, -0.2) is 4.39 Å². The Morgan fingerprint density at radius 1 is 0.912 bits per heavy atom. The van der Waals surface area contributed by atoms with Crippen molar-refractivity contribution in [3.8, 4) is 0 Å². The molecule has 0 N–H and O–H groups in total. The molecule has 178 valence electrons. The molecule has 0 radical (unpaired) electrons. The molecule has 5 heteroatoms. The van der Waals surface area contributed by atoms with Crippen LogP contribution in [0.4, 0.5) is 4.39 Å². The summed E-state index contributed by atoms with van der Waals surface area (Å²) in [6.07, 6.45) is 3.75. The predicted octanol–water partition coefficient (Wildman–Crippen LogP) is 5.74. The smallest absolute Gasteiger partial charge is 0.303 e. The fourth-order valence-electron chi connectivity index (χ4n) is 4.29. The lowest BCUT2D eigenvalue weighted by Crippen LogP contribution is -2.66. The van der Waals surface area contributed by atoms with Gasteiger partial charge in [-0.05, 0) is 39.2 Å². The highest BCUT2D eigenvalue weighted by Crippen LogP contribution is 2.36. The van der Waals surface area contributed by atoms with Crippen LogP contribution in [0.25, 0.3) is 6.08 Å². The minimum atomic E-state index is -2.66. The molecule has 0 aliphatic heterocycles. The molecule has 3 aromatic rings. The van der Waals surface area contributed by atoms with Crippen molar-refractivity contribution in [3.05, 3.63) is 102 Å². The first kappa shape index (κ1) is 25.6. The highest BCUT2D eigenvalue weighted by atomic mass is 28.4. The normalized spacial score (nSPS) is 13.1. The van der Waals surface area contributed by atoms with Crippen molar-refractivity contribution in [1.29, 1.82) is 0 Å². The molecule has 0 bridgehead atoms. The number of benzene rings is 3. The van der Waals surface area contributed by atoms with Crippen LogP contribution < -0.4 is 10.4 Å². The Bertz CT molecular complexity index is 1030. The van der Waals surface area contributed by atoms with Crippen molar-refractivity contribution in [2.45, 2.75) is 45.3 Å². The molecule has 0 spiro atoms. The summed E-state index contributed by atoms with van der Waals surface area (Å²) in [5.74, 6) is -0.633. The average molecular weight is 477 g/mol. The van der Waals surface area contributed by atoms with Crippen LogP contribution >= 0.6 is 0 Å².